The third-order valence-electron chi connectivity index (χ3n) is 4.94. The first kappa shape index (κ1) is 17.8. The number of nitrogens with one attached hydrogen (secondary N) is 1. The molecule has 0 radical (unpaired) electrons. The Hall–Kier alpha value is -3.59. The Kier molecular flexibility index (Phi) is 4.81. The summed E-state index contributed by atoms with van der Waals surface area (Å²) in [6.45, 7) is 0. The van der Waals surface area contributed by atoms with Crippen LogP contribution in [0.25, 0.3) is 10.8 Å². The van der Waals surface area contributed by atoms with E-state index < -0.39 is 5.91 Å². The van der Waals surface area contributed by atoms with Crippen LogP contribution in [0.2, 0.25) is 0 Å². The number of rotatable bonds is 4. The lowest BCUT2D eigenvalue weighted by atomic mass is 10.1. The minimum absolute atomic E-state index is 0.0721. The third-order valence-corrected chi connectivity index (χ3v) is 4.94. The lowest BCUT2D eigenvalue weighted by molar-refractivity contribution is 0.0930. The second-order valence-corrected chi connectivity index (χ2v) is 6.85. The molecule has 3 aromatic rings. The Balaban J connectivity index is 1.70. The zero-order chi connectivity index (χ0) is 19.5. The highest BCUT2D eigenvalue weighted by Gasteiger charge is 2.23. The highest BCUT2D eigenvalue weighted by atomic mass is 16.5. The quantitative estimate of drug-likeness (QED) is 0.712. The first-order valence-electron chi connectivity index (χ1n) is 9.26. The standard InChI is InChI=1S/C22H19N3O3/c23-13-19-18-12-16(28-15-8-2-1-3-9-15)10-11-17(18)21(26)20(25-19)22(27)24-14-6-4-5-7-14/h1-3,8-12,14,26H,4-7H2,(H,24,27). The van der Waals surface area contributed by atoms with Crippen LogP contribution in [-0.4, -0.2) is 22.0 Å². The number of nitrogens with zero attached hydrogens (tertiary/aromatic N) is 2. The number of carbonyl (C=O) groups is 1. The molecule has 1 aliphatic carbocycles. The van der Waals surface area contributed by atoms with Crippen LogP contribution in [0.5, 0.6) is 17.2 Å². The van der Waals surface area contributed by atoms with Gasteiger partial charge in [-0.1, -0.05) is 31.0 Å². The Morgan fingerprint density at radius 3 is 2.57 bits per heavy atom. The molecule has 28 heavy (non-hydrogen) atoms. The van der Waals surface area contributed by atoms with E-state index in [1.165, 1.54) is 0 Å². The molecule has 0 unspecified atom stereocenters. The Labute approximate surface area is 162 Å². The highest BCUT2D eigenvalue weighted by molar-refractivity contribution is 6.03. The average molecular weight is 373 g/mol. The number of fused-ring (bicyclic) bond motifs is 1. The van der Waals surface area contributed by atoms with E-state index in [1.54, 1.807) is 18.2 Å². The van der Waals surface area contributed by atoms with Gasteiger partial charge in [0, 0.05) is 16.8 Å². The number of hydrogen-bond acceptors (Lipinski definition) is 5. The van der Waals surface area contributed by atoms with E-state index in [4.69, 9.17) is 4.74 Å². The fraction of sp³-hybridized carbons (Fsp3) is 0.227. The van der Waals surface area contributed by atoms with Crippen molar-refractivity contribution < 1.29 is 14.6 Å². The number of para-hydroxylation sites is 1. The second kappa shape index (κ2) is 7.57. The Morgan fingerprint density at radius 2 is 1.86 bits per heavy atom. The van der Waals surface area contributed by atoms with Crippen LogP contribution in [0.3, 0.4) is 0 Å². The molecule has 1 heterocycles. The van der Waals surface area contributed by atoms with Gasteiger partial charge < -0.3 is 15.2 Å². The van der Waals surface area contributed by atoms with Crippen LogP contribution in [-0.2, 0) is 0 Å². The molecule has 4 rings (SSSR count). The zero-order valence-corrected chi connectivity index (χ0v) is 15.2. The van der Waals surface area contributed by atoms with Gasteiger partial charge in [-0.15, -0.1) is 0 Å². The van der Waals surface area contributed by atoms with Crippen LogP contribution < -0.4 is 10.1 Å². The maximum Gasteiger partial charge on any atom is 0.274 e. The molecular weight excluding hydrogens is 354 g/mol. The summed E-state index contributed by atoms with van der Waals surface area (Å²) >= 11 is 0. The molecule has 1 amide bonds. The van der Waals surface area contributed by atoms with Crippen molar-refractivity contribution in [3.8, 4) is 23.3 Å². The number of ether oxygens (including phenoxy) is 1. The predicted molar refractivity (Wildman–Crippen MR) is 104 cm³/mol. The van der Waals surface area contributed by atoms with Gasteiger partial charge in [0.25, 0.3) is 5.91 Å². The van der Waals surface area contributed by atoms with Gasteiger partial charge in [-0.25, -0.2) is 4.98 Å². The molecule has 1 aromatic heterocycles. The molecule has 0 spiro atoms. The molecule has 6 nitrogen and oxygen atoms in total. The molecule has 2 aromatic carbocycles. The number of aromatic nitrogens is 1. The maximum absolute atomic E-state index is 12.6. The molecule has 0 saturated heterocycles. The van der Waals surface area contributed by atoms with Crippen LogP contribution in [0.4, 0.5) is 0 Å². The van der Waals surface area contributed by atoms with Gasteiger partial charge in [-0.05, 0) is 43.2 Å². The Bertz CT molecular complexity index is 1070. The van der Waals surface area contributed by atoms with E-state index >= 15 is 0 Å². The molecule has 2 N–H and O–H groups in total. The molecule has 0 bridgehead atoms. The number of nitriles is 1. The summed E-state index contributed by atoms with van der Waals surface area (Å²) in [5, 5.41) is 23.9. The second-order valence-electron chi connectivity index (χ2n) is 6.85. The van der Waals surface area contributed by atoms with Crippen LogP contribution in [0.15, 0.2) is 48.5 Å². The van der Waals surface area contributed by atoms with Gasteiger partial charge in [0.15, 0.2) is 11.4 Å². The zero-order valence-electron chi connectivity index (χ0n) is 15.2. The lowest BCUT2D eigenvalue weighted by Crippen LogP contribution is -2.33. The number of benzene rings is 2. The fourth-order valence-electron chi connectivity index (χ4n) is 3.53. The smallest absolute Gasteiger partial charge is 0.274 e. The van der Waals surface area contributed by atoms with E-state index in [0.29, 0.717) is 22.3 Å². The van der Waals surface area contributed by atoms with Crippen molar-refractivity contribution >= 4 is 16.7 Å². The number of pyridine rings is 1. The van der Waals surface area contributed by atoms with Crippen molar-refractivity contribution in [3.63, 3.8) is 0 Å². The summed E-state index contributed by atoms with van der Waals surface area (Å²) in [7, 11) is 0. The van der Waals surface area contributed by atoms with E-state index in [2.05, 4.69) is 10.3 Å². The predicted octanol–water partition coefficient (Wildman–Crippen LogP) is 4.28. The monoisotopic (exact) mass is 373 g/mol. The van der Waals surface area contributed by atoms with Crippen molar-refractivity contribution in [2.75, 3.05) is 0 Å². The maximum atomic E-state index is 12.6. The first-order valence-corrected chi connectivity index (χ1v) is 9.26. The summed E-state index contributed by atoms with van der Waals surface area (Å²) in [4.78, 5) is 16.7. The summed E-state index contributed by atoms with van der Waals surface area (Å²) in [6.07, 6.45) is 4.00. The molecule has 6 heteroatoms. The number of aromatic hydroxyl groups is 1. The topological polar surface area (TPSA) is 95.2 Å². The molecule has 0 atom stereocenters. The molecular formula is C22H19N3O3. The number of carbonyl (C=O) groups excluding carboxylic acids is 1. The minimum atomic E-state index is -0.451. The molecule has 1 saturated carbocycles. The van der Waals surface area contributed by atoms with Crippen molar-refractivity contribution in [3.05, 3.63) is 59.9 Å². The van der Waals surface area contributed by atoms with E-state index in [9.17, 15) is 15.2 Å². The summed E-state index contributed by atoms with van der Waals surface area (Å²) in [5.41, 5.74) is -0.0458. The number of hydrogen-bond donors (Lipinski definition) is 2. The van der Waals surface area contributed by atoms with Gasteiger partial charge in [-0.3, -0.25) is 4.79 Å². The minimum Gasteiger partial charge on any atom is -0.505 e. The van der Waals surface area contributed by atoms with E-state index in [-0.39, 0.29) is 23.2 Å². The van der Waals surface area contributed by atoms with Crippen molar-refractivity contribution in [2.45, 2.75) is 31.7 Å². The van der Waals surface area contributed by atoms with Gasteiger partial charge in [0.05, 0.1) is 0 Å². The van der Waals surface area contributed by atoms with Gasteiger partial charge in [-0.2, -0.15) is 5.26 Å². The van der Waals surface area contributed by atoms with Crippen molar-refractivity contribution in [2.24, 2.45) is 0 Å². The third kappa shape index (κ3) is 3.47. The van der Waals surface area contributed by atoms with Gasteiger partial charge in [0.1, 0.15) is 23.3 Å². The summed E-state index contributed by atoms with van der Waals surface area (Å²) < 4.78 is 5.79. The van der Waals surface area contributed by atoms with Crippen molar-refractivity contribution in [1.29, 1.82) is 5.26 Å². The van der Waals surface area contributed by atoms with Crippen LogP contribution >= 0.6 is 0 Å². The summed E-state index contributed by atoms with van der Waals surface area (Å²) in [6, 6.07) is 16.3. The van der Waals surface area contributed by atoms with E-state index in [0.717, 1.165) is 25.7 Å². The SMILES string of the molecule is N#Cc1nc(C(=O)NC2CCCC2)c(O)c2ccc(Oc3ccccc3)cc12. The fourth-order valence-corrected chi connectivity index (χ4v) is 3.53. The Morgan fingerprint density at radius 1 is 1.11 bits per heavy atom. The summed E-state index contributed by atoms with van der Waals surface area (Å²) in [5.74, 6) is 0.493. The van der Waals surface area contributed by atoms with Crippen LogP contribution in [0, 0.1) is 11.3 Å². The van der Waals surface area contributed by atoms with Gasteiger partial charge >= 0.3 is 0 Å². The largest absolute Gasteiger partial charge is 0.505 e. The van der Waals surface area contributed by atoms with Crippen LogP contribution in [0.1, 0.15) is 41.9 Å². The molecule has 1 fully saturated rings. The first-order chi connectivity index (χ1) is 13.7. The molecule has 1 aliphatic rings. The van der Waals surface area contributed by atoms with E-state index in [1.807, 2.05) is 36.4 Å². The molecule has 140 valence electrons. The average Bonchev–Trinajstić information content (AvgIpc) is 3.22. The normalized spacial score (nSPS) is 14.0. The molecule has 0 aliphatic heterocycles. The van der Waals surface area contributed by atoms with Crippen molar-refractivity contribution in [1.82, 2.24) is 10.3 Å². The van der Waals surface area contributed by atoms with Gasteiger partial charge in [0.2, 0.25) is 0 Å². The highest BCUT2D eigenvalue weighted by Crippen LogP contribution is 2.33. The number of amides is 1. The lowest BCUT2D eigenvalue weighted by Gasteiger charge is -2.14.